The van der Waals surface area contributed by atoms with Gasteiger partial charge in [-0.25, -0.2) is 4.98 Å². The van der Waals surface area contributed by atoms with Crippen LogP contribution in [0, 0.1) is 0 Å². The molecule has 1 N–H and O–H groups in total. The molecule has 0 saturated carbocycles. The molecule has 18 heavy (non-hydrogen) atoms. The SMILES string of the molecule is CCCc1nc(N(CC)CCOC)sc1CNC. The molecule has 0 amide bonds. The summed E-state index contributed by atoms with van der Waals surface area (Å²) < 4.78 is 5.15. The number of hydrogen-bond acceptors (Lipinski definition) is 5. The highest BCUT2D eigenvalue weighted by atomic mass is 32.1. The molecular weight excluding hydrogens is 246 g/mol. The molecule has 0 aromatic carbocycles. The number of anilines is 1. The van der Waals surface area contributed by atoms with Gasteiger partial charge in [0.2, 0.25) is 0 Å². The van der Waals surface area contributed by atoms with Crippen LogP contribution in [0.25, 0.3) is 0 Å². The molecule has 0 aliphatic rings. The van der Waals surface area contributed by atoms with E-state index in [0.29, 0.717) is 0 Å². The van der Waals surface area contributed by atoms with Crippen LogP contribution in [0.15, 0.2) is 0 Å². The molecule has 1 aromatic rings. The van der Waals surface area contributed by atoms with E-state index in [1.165, 1.54) is 10.6 Å². The molecule has 0 fully saturated rings. The number of aryl methyl sites for hydroxylation is 1. The number of aromatic nitrogens is 1. The van der Waals surface area contributed by atoms with E-state index in [9.17, 15) is 0 Å². The quantitative estimate of drug-likeness (QED) is 0.748. The molecule has 5 heteroatoms. The van der Waals surface area contributed by atoms with E-state index in [-0.39, 0.29) is 0 Å². The Morgan fingerprint density at radius 2 is 2.17 bits per heavy atom. The van der Waals surface area contributed by atoms with Crippen LogP contribution in [0.4, 0.5) is 5.13 Å². The van der Waals surface area contributed by atoms with E-state index in [2.05, 4.69) is 24.1 Å². The Kier molecular flexibility index (Phi) is 7.23. The summed E-state index contributed by atoms with van der Waals surface area (Å²) >= 11 is 1.80. The highest BCUT2D eigenvalue weighted by molar-refractivity contribution is 7.15. The fourth-order valence-corrected chi connectivity index (χ4v) is 3.03. The van der Waals surface area contributed by atoms with Crippen molar-refractivity contribution in [2.24, 2.45) is 0 Å². The maximum atomic E-state index is 5.15. The van der Waals surface area contributed by atoms with Crippen LogP contribution in [-0.2, 0) is 17.7 Å². The van der Waals surface area contributed by atoms with E-state index < -0.39 is 0 Å². The van der Waals surface area contributed by atoms with Crippen LogP contribution in [-0.4, -0.2) is 38.8 Å². The summed E-state index contributed by atoms with van der Waals surface area (Å²) in [6.07, 6.45) is 2.21. The van der Waals surface area contributed by atoms with Crippen molar-refractivity contribution in [2.75, 3.05) is 38.8 Å². The smallest absolute Gasteiger partial charge is 0.185 e. The average Bonchev–Trinajstić information content (AvgIpc) is 2.75. The second kappa shape index (κ2) is 8.45. The minimum absolute atomic E-state index is 0.748. The first-order chi connectivity index (χ1) is 8.76. The van der Waals surface area contributed by atoms with Crippen LogP contribution in [0.2, 0.25) is 0 Å². The molecule has 104 valence electrons. The Hall–Kier alpha value is -0.650. The Morgan fingerprint density at radius 3 is 2.72 bits per heavy atom. The Bertz CT molecular complexity index is 317. The minimum atomic E-state index is 0.748. The van der Waals surface area contributed by atoms with Gasteiger partial charge >= 0.3 is 0 Å². The largest absolute Gasteiger partial charge is 0.383 e. The first-order valence-electron chi connectivity index (χ1n) is 6.63. The van der Waals surface area contributed by atoms with Crippen LogP contribution in [0.1, 0.15) is 30.8 Å². The van der Waals surface area contributed by atoms with Crippen LogP contribution >= 0.6 is 11.3 Å². The summed E-state index contributed by atoms with van der Waals surface area (Å²) in [7, 11) is 3.72. The zero-order chi connectivity index (χ0) is 13.4. The summed E-state index contributed by atoms with van der Waals surface area (Å²) in [6.45, 7) is 7.90. The summed E-state index contributed by atoms with van der Waals surface area (Å²) in [5.74, 6) is 0. The highest BCUT2D eigenvalue weighted by Gasteiger charge is 2.14. The number of methoxy groups -OCH3 is 1. The molecule has 0 radical (unpaired) electrons. The monoisotopic (exact) mass is 271 g/mol. The molecule has 1 aromatic heterocycles. The first kappa shape index (κ1) is 15.4. The predicted octanol–water partition coefficient (Wildman–Crippen LogP) is 2.29. The van der Waals surface area contributed by atoms with E-state index >= 15 is 0 Å². The normalized spacial score (nSPS) is 10.9. The van der Waals surface area contributed by atoms with Gasteiger partial charge in [0.25, 0.3) is 0 Å². The molecule has 0 bridgehead atoms. The lowest BCUT2D eigenvalue weighted by atomic mass is 10.2. The Balaban J connectivity index is 2.82. The van der Waals surface area contributed by atoms with Crippen LogP contribution in [0.3, 0.4) is 0 Å². The van der Waals surface area contributed by atoms with Crippen molar-refractivity contribution in [1.29, 1.82) is 0 Å². The van der Waals surface area contributed by atoms with Crippen LogP contribution < -0.4 is 10.2 Å². The molecule has 1 rings (SSSR count). The van der Waals surface area contributed by atoms with Crippen LogP contribution in [0.5, 0.6) is 0 Å². The van der Waals surface area contributed by atoms with Crippen molar-refractivity contribution in [2.45, 2.75) is 33.2 Å². The molecule has 0 spiro atoms. The summed E-state index contributed by atoms with van der Waals surface area (Å²) in [5.41, 5.74) is 1.25. The van der Waals surface area contributed by atoms with E-state index in [4.69, 9.17) is 9.72 Å². The van der Waals surface area contributed by atoms with Gasteiger partial charge in [-0.3, -0.25) is 0 Å². The third-order valence-electron chi connectivity index (χ3n) is 2.81. The second-order valence-electron chi connectivity index (χ2n) is 4.22. The van der Waals surface area contributed by atoms with Crippen molar-refractivity contribution >= 4 is 16.5 Å². The number of rotatable bonds is 9. The lowest BCUT2D eigenvalue weighted by molar-refractivity contribution is 0.205. The summed E-state index contributed by atoms with van der Waals surface area (Å²) in [6, 6.07) is 0. The van der Waals surface area contributed by atoms with E-state index in [0.717, 1.165) is 44.2 Å². The molecule has 0 aliphatic heterocycles. The molecule has 0 aliphatic carbocycles. The van der Waals surface area contributed by atoms with Crippen molar-refractivity contribution < 1.29 is 4.74 Å². The number of ether oxygens (including phenoxy) is 1. The number of likely N-dealkylation sites (N-methyl/N-ethyl adjacent to an activating group) is 1. The first-order valence-corrected chi connectivity index (χ1v) is 7.45. The average molecular weight is 271 g/mol. The molecule has 1 heterocycles. The van der Waals surface area contributed by atoms with Crippen molar-refractivity contribution in [3.8, 4) is 0 Å². The van der Waals surface area contributed by atoms with Gasteiger partial charge in [-0.1, -0.05) is 13.3 Å². The van der Waals surface area contributed by atoms with Gasteiger partial charge < -0.3 is 15.0 Å². The van der Waals surface area contributed by atoms with Gasteiger partial charge in [0.1, 0.15) is 0 Å². The van der Waals surface area contributed by atoms with Gasteiger partial charge in [-0.05, 0) is 20.4 Å². The van der Waals surface area contributed by atoms with Gasteiger partial charge in [-0.15, -0.1) is 11.3 Å². The highest BCUT2D eigenvalue weighted by Crippen LogP contribution is 2.27. The maximum absolute atomic E-state index is 5.15. The van der Waals surface area contributed by atoms with E-state index in [1.54, 1.807) is 18.4 Å². The summed E-state index contributed by atoms with van der Waals surface area (Å²) in [5, 5.41) is 4.35. The zero-order valence-electron chi connectivity index (χ0n) is 12.0. The Labute approximate surface area is 114 Å². The number of thiazole rings is 1. The van der Waals surface area contributed by atoms with Crippen molar-refractivity contribution in [3.05, 3.63) is 10.6 Å². The molecule has 4 nitrogen and oxygen atoms in total. The fraction of sp³-hybridized carbons (Fsp3) is 0.769. The third-order valence-corrected chi connectivity index (χ3v) is 3.97. The van der Waals surface area contributed by atoms with Gasteiger partial charge in [0.15, 0.2) is 5.13 Å². The van der Waals surface area contributed by atoms with Crippen molar-refractivity contribution in [3.63, 3.8) is 0 Å². The second-order valence-corrected chi connectivity index (χ2v) is 5.28. The maximum Gasteiger partial charge on any atom is 0.185 e. The molecule has 0 unspecified atom stereocenters. The van der Waals surface area contributed by atoms with Gasteiger partial charge in [0.05, 0.1) is 12.3 Å². The number of hydrogen-bond donors (Lipinski definition) is 1. The predicted molar refractivity (Wildman–Crippen MR) is 78.6 cm³/mol. The Morgan fingerprint density at radius 1 is 1.39 bits per heavy atom. The standard InChI is InChI=1S/C13H25N3OS/c1-5-7-11-12(10-14-3)18-13(15-11)16(6-2)8-9-17-4/h14H,5-10H2,1-4H3. The number of nitrogens with one attached hydrogen (secondary N) is 1. The zero-order valence-corrected chi connectivity index (χ0v) is 12.8. The lowest BCUT2D eigenvalue weighted by Gasteiger charge is -2.18. The molecule has 0 atom stereocenters. The molecular formula is C13H25N3OS. The number of nitrogens with zero attached hydrogens (tertiary/aromatic N) is 2. The molecule has 0 saturated heterocycles. The lowest BCUT2D eigenvalue weighted by Crippen LogP contribution is -2.26. The van der Waals surface area contributed by atoms with Gasteiger partial charge in [0, 0.05) is 31.6 Å². The third kappa shape index (κ3) is 4.23. The fourth-order valence-electron chi connectivity index (χ4n) is 1.83. The minimum Gasteiger partial charge on any atom is -0.383 e. The topological polar surface area (TPSA) is 37.4 Å². The van der Waals surface area contributed by atoms with E-state index in [1.807, 2.05) is 7.05 Å². The summed E-state index contributed by atoms with van der Waals surface area (Å²) in [4.78, 5) is 8.44. The van der Waals surface area contributed by atoms with Crippen molar-refractivity contribution in [1.82, 2.24) is 10.3 Å². The van der Waals surface area contributed by atoms with Gasteiger partial charge in [-0.2, -0.15) is 0 Å².